The zero-order chi connectivity index (χ0) is 14.2. The van der Waals surface area contributed by atoms with E-state index in [9.17, 15) is 8.78 Å². The van der Waals surface area contributed by atoms with Crippen molar-refractivity contribution in [3.63, 3.8) is 0 Å². The summed E-state index contributed by atoms with van der Waals surface area (Å²) in [6, 6.07) is 12.2. The Hall–Kier alpha value is -2.05. The Morgan fingerprint density at radius 3 is 2.60 bits per heavy atom. The maximum atomic E-state index is 14.3. The molecule has 3 rings (SSSR count). The third kappa shape index (κ3) is 2.23. The van der Waals surface area contributed by atoms with Crippen LogP contribution in [0.15, 0.2) is 48.5 Å². The fourth-order valence-corrected chi connectivity index (χ4v) is 2.30. The highest BCUT2D eigenvalue weighted by molar-refractivity contribution is 6.30. The molecular weight excluding hydrogens is 280 g/mol. The average molecular weight is 290 g/mol. The van der Waals surface area contributed by atoms with Gasteiger partial charge in [0.15, 0.2) is 6.04 Å². The highest BCUT2D eigenvalue weighted by Gasteiger charge is 2.48. The lowest BCUT2D eigenvalue weighted by atomic mass is 10.1. The molecule has 20 heavy (non-hydrogen) atoms. The summed E-state index contributed by atoms with van der Waals surface area (Å²) in [6.07, 6.45) is 0. The molecular formula is C16H10ClF2N. The van der Waals surface area contributed by atoms with Gasteiger partial charge in [0, 0.05) is 21.8 Å². The summed E-state index contributed by atoms with van der Waals surface area (Å²) in [5.74, 6) is 2.31. The molecule has 1 aliphatic heterocycles. The maximum absolute atomic E-state index is 14.3. The molecule has 1 nitrogen and oxygen atoms in total. The average Bonchev–Trinajstić information content (AvgIpc) is 2.69. The van der Waals surface area contributed by atoms with E-state index < -0.39 is 12.0 Å². The van der Waals surface area contributed by atoms with E-state index in [2.05, 4.69) is 17.2 Å². The minimum absolute atomic E-state index is 0.0997. The first-order valence-corrected chi connectivity index (χ1v) is 6.46. The van der Waals surface area contributed by atoms with Crippen molar-refractivity contribution >= 4 is 17.3 Å². The van der Waals surface area contributed by atoms with Crippen molar-refractivity contribution in [1.29, 1.82) is 0 Å². The highest BCUT2D eigenvalue weighted by atomic mass is 35.5. The van der Waals surface area contributed by atoms with Crippen molar-refractivity contribution in [3.8, 4) is 11.8 Å². The molecule has 4 heteroatoms. The Morgan fingerprint density at radius 1 is 1.10 bits per heavy atom. The fraction of sp³-hybridized carbons (Fsp3) is 0.125. The van der Waals surface area contributed by atoms with Gasteiger partial charge in [-0.2, -0.15) is 8.78 Å². The van der Waals surface area contributed by atoms with Crippen LogP contribution in [0.2, 0.25) is 5.02 Å². The van der Waals surface area contributed by atoms with Gasteiger partial charge in [-0.25, -0.2) is 0 Å². The number of fused-ring (bicyclic) bond motifs is 1. The number of alkyl halides is 2. The molecule has 2 aromatic carbocycles. The monoisotopic (exact) mass is 289 g/mol. The molecule has 1 N–H and O–H groups in total. The second-order valence-corrected chi connectivity index (χ2v) is 4.96. The first kappa shape index (κ1) is 13.0. The van der Waals surface area contributed by atoms with E-state index in [4.69, 9.17) is 11.6 Å². The minimum atomic E-state index is -3.05. The number of nitrogens with one attached hydrogen (secondary N) is 1. The summed E-state index contributed by atoms with van der Waals surface area (Å²) in [6.45, 7) is 0. The molecule has 0 aromatic heterocycles. The van der Waals surface area contributed by atoms with Gasteiger partial charge in [-0.15, -0.1) is 0 Å². The van der Waals surface area contributed by atoms with Crippen molar-refractivity contribution in [2.45, 2.75) is 12.0 Å². The highest BCUT2D eigenvalue weighted by Crippen LogP contribution is 2.44. The molecule has 0 bridgehead atoms. The van der Waals surface area contributed by atoms with Crippen molar-refractivity contribution < 1.29 is 8.78 Å². The lowest BCUT2D eigenvalue weighted by Gasteiger charge is -2.14. The summed E-state index contributed by atoms with van der Waals surface area (Å²) in [7, 11) is 0. The number of rotatable bonds is 0. The third-order valence-corrected chi connectivity index (χ3v) is 3.37. The minimum Gasteiger partial charge on any atom is -0.366 e. The Bertz CT molecular complexity index is 701. The quantitative estimate of drug-likeness (QED) is 0.714. The molecule has 0 aliphatic carbocycles. The smallest absolute Gasteiger partial charge is 0.306 e. The van der Waals surface area contributed by atoms with Gasteiger partial charge in [0.1, 0.15) is 0 Å². The van der Waals surface area contributed by atoms with Crippen molar-refractivity contribution in [2.75, 3.05) is 5.32 Å². The van der Waals surface area contributed by atoms with E-state index in [-0.39, 0.29) is 5.56 Å². The zero-order valence-electron chi connectivity index (χ0n) is 10.3. The summed E-state index contributed by atoms with van der Waals surface area (Å²) < 4.78 is 28.5. The van der Waals surface area contributed by atoms with Gasteiger partial charge in [0.05, 0.1) is 0 Å². The normalized spacial score (nSPS) is 18.6. The number of anilines is 1. The van der Waals surface area contributed by atoms with Crippen LogP contribution in [0, 0.1) is 11.8 Å². The van der Waals surface area contributed by atoms with Crippen LogP contribution in [-0.4, -0.2) is 6.04 Å². The second kappa shape index (κ2) is 4.81. The maximum Gasteiger partial charge on any atom is 0.306 e. The molecule has 1 aliphatic rings. The lowest BCUT2D eigenvalue weighted by Crippen LogP contribution is -2.29. The summed E-state index contributed by atoms with van der Waals surface area (Å²) in [5, 5.41) is 3.03. The number of halogens is 3. The second-order valence-electron chi connectivity index (χ2n) is 4.53. The number of benzene rings is 2. The van der Waals surface area contributed by atoms with Crippen LogP contribution in [0.3, 0.4) is 0 Å². The van der Waals surface area contributed by atoms with Gasteiger partial charge in [0.25, 0.3) is 0 Å². The predicted octanol–water partition coefficient (Wildman–Crippen LogP) is 4.28. The molecule has 0 radical (unpaired) electrons. The van der Waals surface area contributed by atoms with Gasteiger partial charge >= 0.3 is 5.92 Å². The van der Waals surface area contributed by atoms with Crippen LogP contribution in [0.5, 0.6) is 0 Å². The van der Waals surface area contributed by atoms with Crippen LogP contribution >= 0.6 is 11.6 Å². The molecule has 1 unspecified atom stereocenters. The van der Waals surface area contributed by atoms with Crippen LogP contribution < -0.4 is 5.32 Å². The van der Waals surface area contributed by atoms with Gasteiger partial charge in [-0.05, 0) is 30.3 Å². The van der Waals surface area contributed by atoms with Crippen molar-refractivity contribution in [1.82, 2.24) is 0 Å². The molecule has 100 valence electrons. The van der Waals surface area contributed by atoms with E-state index in [0.717, 1.165) is 0 Å². The van der Waals surface area contributed by atoms with Crippen LogP contribution in [0.1, 0.15) is 11.1 Å². The van der Waals surface area contributed by atoms with Gasteiger partial charge in [-0.3, -0.25) is 0 Å². The number of hydrogen-bond acceptors (Lipinski definition) is 1. The van der Waals surface area contributed by atoms with Crippen LogP contribution in [-0.2, 0) is 5.92 Å². The Kier molecular flexibility index (Phi) is 3.11. The van der Waals surface area contributed by atoms with Gasteiger partial charge in [0.2, 0.25) is 0 Å². The van der Waals surface area contributed by atoms with Gasteiger partial charge < -0.3 is 5.32 Å². The molecule has 1 heterocycles. The summed E-state index contributed by atoms with van der Waals surface area (Å²) >= 11 is 5.77. The molecule has 0 saturated heterocycles. The van der Waals surface area contributed by atoms with E-state index in [0.29, 0.717) is 16.3 Å². The molecule has 1 atom stereocenters. The molecule has 0 amide bonds. The Morgan fingerprint density at radius 2 is 1.85 bits per heavy atom. The predicted molar refractivity (Wildman–Crippen MR) is 76.1 cm³/mol. The lowest BCUT2D eigenvalue weighted by molar-refractivity contribution is 0.000144. The SMILES string of the molecule is FC1(F)c2cc(Cl)ccc2NC1C#Cc1ccccc1. The van der Waals surface area contributed by atoms with Gasteiger partial charge in [-0.1, -0.05) is 41.6 Å². The topological polar surface area (TPSA) is 12.0 Å². The van der Waals surface area contributed by atoms with Crippen LogP contribution in [0.25, 0.3) is 0 Å². The molecule has 0 fully saturated rings. The van der Waals surface area contributed by atoms with Crippen molar-refractivity contribution in [3.05, 3.63) is 64.7 Å². The first-order chi connectivity index (χ1) is 9.57. The summed E-state index contributed by atoms with van der Waals surface area (Å²) in [4.78, 5) is 0. The van der Waals surface area contributed by atoms with E-state index in [1.807, 2.05) is 18.2 Å². The largest absolute Gasteiger partial charge is 0.366 e. The summed E-state index contributed by atoms with van der Waals surface area (Å²) in [5.41, 5.74) is 0.989. The molecule has 0 saturated carbocycles. The van der Waals surface area contributed by atoms with E-state index in [1.54, 1.807) is 24.3 Å². The standard InChI is InChI=1S/C16H10ClF2N/c17-12-7-8-14-13(10-12)16(18,19)15(20-14)9-6-11-4-2-1-3-5-11/h1-5,7-8,10,15,20H. The van der Waals surface area contributed by atoms with E-state index >= 15 is 0 Å². The van der Waals surface area contributed by atoms with Crippen LogP contribution in [0.4, 0.5) is 14.5 Å². The Balaban J connectivity index is 1.93. The number of hydrogen-bond donors (Lipinski definition) is 1. The Labute approximate surface area is 120 Å². The first-order valence-electron chi connectivity index (χ1n) is 6.08. The molecule has 0 spiro atoms. The van der Waals surface area contributed by atoms with E-state index in [1.165, 1.54) is 6.07 Å². The fourth-order valence-electron chi connectivity index (χ4n) is 2.12. The van der Waals surface area contributed by atoms with Crippen molar-refractivity contribution in [2.24, 2.45) is 0 Å². The molecule has 2 aromatic rings. The third-order valence-electron chi connectivity index (χ3n) is 3.14. The zero-order valence-corrected chi connectivity index (χ0v) is 11.1.